The molecule has 2 atom stereocenters. The molecule has 0 bridgehead atoms. The van der Waals surface area contributed by atoms with Crippen LogP contribution in [0.3, 0.4) is 0 Å². The van der Waals surface area contributed by atoms with Gasteiger partial charge in [-0.3, -0.25) is 4.79 Å². The largest absolute Gasteiger partial charge is 0.353 e. The molecular formula is C14H18BrN3O. The van der Waals surface area contributed by atoms with Crippen molar-refractivity contribution in [1.29, 1.82) is 0 Å². The zero-order valence-electron chi connectivity index (χ0n) is 11.1. The average molecular weight is 324 g/mol. The Morgan fingerprint density at radius 3 is 2.53 bits per heavy atom. The van der Waals surface area contributed by atoms with Crippen LogP contribution in [0.15, 0.2) is 22.8 Å². The van der Waals surface area contributed by atoms with Crippen LogP contribution < -0.4 is 4.90 Å². The van der Waals surface area contributed by atoms with E-state index < -0.39 is 0 Å². The molecule has 3 rings (SSSR count). The van der Waals surface area contributed by atoms with Crippen LogP contribution in [0.5, 0.6) is 0 Å². The molecule has 19 heavy (non-hydrogen) atoms. The van der Waals surface area contributed by atoms with E-state index in [1.165, 1.54) is 0 Å². The molecule has 2 aliphatic rings. The van der Waals surface area contributed by atoms with Crippen molar-refractivity contribution in [3.63, 3.8) is 0 Å². The van der Waals surface area contributed by atoms with E-state index in [1.807, 2.05) is 23.2 Å². The molecule has 1 aromatic rings. The van der Waals surface area contributed by atoms with Gasteiger partial charge in [0.05, 0.1) is 0 Å². The summed E-state index contributed by atoms with van der Waals surface area (Å²) in [5, 5.41) is 0. The van der Waals surface area contributed by atoms with E-state index in [1.54, 1.807) is 0 Å². The first-order chi connectivity index (χ1) is 9.15. The topological polar surface area (TPSA) is 36.4 Å². The lowest BCUT2D eigenvalue weighted by molar-refractivity contribution is -0.133. The molecule has 0 spiro atoms. The molecule has 1 saturated heterocycles. The summed E-state index contributed by atoms with van der Waals surface area (Å²) in [5.74, 6) is 2.25. The van der Waals surface area contributed by atoms with Gasteiger partial charge in [0.1, 0.15) is 5.82 Å². The zero-order chi connectivity index (χ0) is 13.4. The molecule has 1 aromatic heterocycles. The number of hydrogen-bond acceptors (Lipinski definition) is 3. The van der Waals surface area contributed by atoms with Crippen LogP contribution >= 0.6 is 15.9 Å². The summed E-state index contributed by atoms with van der Waals surface area (Å²) >= 11 is 3.39. The van der Waals surface area contributed by atoms with Gasteiger partial charge in [-0.1, -0.05) is 6.92 Å². The molecule has 0 aromatic carbocycles. The third kappa shape index (κ3) is 2.76. The summed E-state index contributed by atoms with van der Waals surface area (Å²) in [6.45, 7) is 5.55. The van der Waals surface area contributed by atoms with E-state index in [-0.39, 0.29) is 0 Å². The first-order valence-corrected chi connectivity index (χ1v) is 7.60. The number of rotatable bonds is 2. The predicted molar refractivity (Wildman–Crippen MR) is 78.0 cm³/mol. The number of nitrogens with zero attached hydrogens (tertiary/aromatic N) is 3. The normalized spacial score (nSPS) is 26.4. The molecular weight excluding hydrogens is 306 g/mol. The van der Waals surface area contributed by atoms with Crippen molar-refractivity contribution in [2.75, 3.05) is 31.1 Å². The van der Waals surface area contributed by atoms with Gasteiger partial charge in [0.25, 0.3) is 0 Å². The molecule has 1 saturated carbocycles. The number of pyridine rings is 1. The molecule has 102 valence electrons. The highest BCUT2D eigenvalue weighted by Crippen LogP contribution is 2.39. The van der Waals surface area contributed by atoms with Crippen LogP contribution in [-0.2, 0) is 4.79 Å². The molecule has 2 heterocycles. The second-order valence-electron chi connectivity index (χ2n) is 5.47. The molecule has 1 aliphatic carbocycles. The van der Waals surface area contributed by atoms with E-state index in [2.05, 4.69) is 32.7 Å². The van der Waals surface area contributed by atoms with Crippen molar-refractivity contribution in [1.82, 2.24) is 9.88 Å². The summed E-state index contributed by atoms with van der Waals surface area (Å²) in [6, 6.07) is 4.02. The summed E-state index contributed by atoms with van der Waals surface area (Å²) in [6.07, 6.45) is 2.89. The van der Waals surface area contributed by atoms with E-state index in [9.17, 15) is 4.79 Å². The fraction of sp³-hybridized carbons (Fsp3) is 0.571. The molecule has 0 radical (unpaired) electrons. The molecule has 4 nitrogen and oxygen atoms in total. The molecule has 0 N–H and O–H groups in total. The number of aromatic nitrogens is 1. The second kappa shape index (κ2) is 5.12. The van der Waals surface area contributed by atoms with Gasteiger partial charge in [-0.2, -0.15) is 0 Å². The van der Waals surface area contributed by atoms with Crippen molar-refractivity contribution >= 4 is 27.7 Å². The third-order valence-corrected chi connectivity index (χ3v) is 4.52. The zero-order valence-corrected chi connectivity index (χ0v) is 12.6. The van der Waals surface area contributed by atoms with Gasteiger partial charge < -0.3 is 9.80 Å². The highest BCUT2D eigenvalue weighted by Gasteiger charge is 2.41. The van der Waals surface area contributed by atoms with Crippen molar-refractivity contribution in [3.05, 3.63) is 22.8 Å². The van der Waals surface area contributed by atoms with Crippen LogP contribution in [0.25, 0.3) is 0 Å². The SMILES string of the molecule is C[C@@H]1C[C@@H]1C(=O)N1CCN(c2ccc(Br)cn2)CC1. The molecule has 0 unspecified atom stereocenters. The fourth-order valence-corrected chi connectivity index (χ4v) is 2.85. The van der Waals surface area contributed by atoms with Gasteiger partial charge in [-0.25, -0.2) is 4.98 Å². The number of amides is 1. The van der Waals surface area contributed by atoms with Crippen LogP contribution in [-0.4, -0.2) is 42.0 Å². The van der Waals surface area contributed by atoms with Crippen LogP contribution in [0, 0.1) is 11.8 Å². The fourth-order valence-electron chi connectivity index (χ4n) is 2.61. The second-order valence-corrected chi connectivity index (χ2v) is 6.38. The maximum Gasteiger partial charge on any atom is 0.226 e. The number of anilines is 1. The minimum absolute atomic E-state index is 0.303. The predicted octanol–water partition coefficient (Wildman–Crippen LogP) is 2.15. The monoisotopic (exact) mass is 323 g/mol. The Balaban J connectivity index is 1.57. The Morgan fingerprint density at radius 1 is 1.32 bits per heavy atom. The highest BCUT2D eigenvalue weighted by atomic mass is 79.9. The van der Waals surface area contributed by atoms with Crippen molar-refractivity contribution < 1.29 is 4.79 Å². The van der Waals surface area contributed by atoms with E-state index in [4.69, 9.17) is 0 Å². The summed E-state index contributed by atoms with van der Waals surface area (Å²) in [4.78, 5) is 20.8. The Labute approximate surface area is 121 Å². The van der Waals surface area contributed by atoms with Gasteiger partial charge in [-0.05, 0) is 40.4 Å². The van der Waals surface area contributed by atoms with Gasteiger partial charge in [0.15, 0.2) is 0 Å². The smallest absolute Gasteiger partial charge is 0.226 e. The van der Waals surface area contributed by atoms with Crippen molar-refractivity contribution in [3.8, 4) is 0 Å². The summed E-state index contributed by atoms with van der Waals surface area (Å²) in [5.41, 5.74) is 0. The summed E-state index contributed by atoms with van der Waals surface area (Å²) in [7, 11) is 0. The van der Waals surface area contributed by atoms with Gasteiger partial charge in [0, 0.05) is 42.8 Å². The molecule has 2 fully saturated rings. The van der Waals surface area contributed by atoms with Crippen LogP contribution in [0.4, 0.5) is 5.82 Å². The Kier molecular flexibility index (Phi) is 3.48. The van der Waals surface area contributed by atoms with Gasteiger partial charge >= 0.3 is 0 Å². The van der Waals surface area contributed by atoms with Gasteiger partial charge in [0.2, 0.25) is 5.91 Å². The lowest BCUT2D eigenvalue weighted by atomic mass is 10.2. The number of carbonyl (C=O) groups is 1. The Morgan fingerprint density at radius 2 is 2.00 bits per heavy atom. The minimum Gasteiger partial charge on any atom is -0.353 e. The summed E-state index contributed by atoms with van der Waals surface area (Å²) < 4.78 is 0.993. The third-order valence-electron chi connectivity index (χ3n) is 4.05. The Bertz CT molecular complexity index is 468. The highest BCUT2D eigenvalue weighted by molar-refractivity contribution is 9.10. The standard InChI is InChI=1S/C14H18BrN3O/c1-10-8-12(10)14(19)18-6-4-17(5-7-18)13-3-2-11(15)9-16-13/h2-3,9-10,12H,4-8H2,1H3/t10-,12+/m1/s1. The number of hydrogen-bond donors (Lipinski definition) is 0. The van der Waals surface area contributed by atoms with E-state index in [0.717, 1.165) is 42.9 Å². The van der Waals surface area contributed by atoms with E-state index in [0.29, 0.717) is 17.7 Å². The van der Waals surface area contributed by atoms with Crippen molar-refractivity contribution in [2.24, 2.45) is 11.8 Å². The quantitative estimate of drug-likeness (QED) is 0.836. The average Bonchev–Trinajstić information content (AvgIpc) is 3.16. The first kappa shape index (κ1) is 12.9. The number of carbonyl (C=O) groups excluding carboxylic acids is 1. The number of halogens is 1. The number of piperazine rings is 1. The van der Waals surface area contributed by atoms with Gasteiger partial charge in [-0.15, -0.1) is 0 Å². The first-order valence-electron chi connectivity index (χ1n) is 6.80. The van der Waals surface area contributed by atoms with Crippen molar-refractivity contribution in [2.45, 2.75) is 13.3 Å². The molecule has 5 heteroatoms. The lowest BCUT2D eigenvalue weighted by Gasteiger charge is -2.35. The maximum atomic E-state index is 12.1. The maximum absolute atomic E-state index is 12.1. The van der Waals surface area contributed by atoms with Crippen LogP contribution in [0.2, 0.25) is 0 Å². The molecule has 1 aliphatic heterocycles. The van der Waals surface area contributed by atoms with Crippen LogP contribution in [0.1, 0.15) is 13.3 Å². The molecule has 1 amide bonds. The minimum atomic E-state index is 0.303. The lowest BCUT2D eigenvalue weighted by Crippen LogP contribution is -2.49. The Hall–Kier alpha value is -1.10. The van der Waals surface area contributed by atoms with E-state index >= 15 is 0 Å².